The predicted molar refractivity (Wildman–Crippen MR) is 136 cm³/mol. The number of rotatable bonds is 7. The van der Waals surface area contributed by atoms with E-state index in [2.05, 4.69) is 68.6 Å². The summed E-state index contributed by atoms with van der Waals surface area (Å²) >= 11 is 3.85. The van der Waals surface area contributed by atoms with Gasteiger partial charge in [0.25, 0.3) is 0 Å². The molecule has 2 aromatic carbocycles. The van der Waals surface area contributed by atoms with Crippen molar-refractivity contribution in [3.63, 3.8) is 0 Å². The van der Waals surface area contributed by atoms with Crippen LogP contribution in [-0.4, -0.2) is 42.2 Å². The van der Waals surface area contributed by atoms with Gasteiger partial charge in [0, 0.05) is 42.0 Å². The molecular weight excluding hydrogens is 535 g/mol. The summed E-state index contributed by atoms with van der Waals surface area (Å²) in [6, 6.07) is 16.2. The fourth-order valence-corrected chi connectivity index (χ4v) is 4.71. The second kappa shape index (κ2) is 10.9. The van der Waals surface area contributed by atoms with Crippen LogP contribution in [0.25, 0.3) is 0 Å². The molecule has 1 aliphatic heterocycles. The largest absolute Gasteiger partial charge is 0.378 e. The molecule has 1 amide bonds. The maximum atomic E-state index is 11.4. The fraction of sp³-hybridized carbons (Fsp3) is 0.208. The van der Waals surface area contributed by atoms with Crippen LogP contribution in [0.3, 0.4) is 0 Å². The molecule has 1 aliphatic rings. The summed E-state index contributed by atoms with van der Waals surface area (Å²) in [5, 5.41) is 3.67. The van der Waals surface area contributed by atoms with E-state index in [0.717, 1.165) is 51.3 Å². The number of anilines is 2. The maximum Gasteiger partial charge on any atom is 0.247 e. The maximum absolute atomic E-state index is 11.4. The molecule has 0 atom stereocenters. The first-order valence-corrected chi connectivity index (χ1v) is 12.1. The third-order valence-corrected chi connectivity index (χ3v) is 7.10. The number of hydrogen-bond donors (Lipinski definition) is 1. The van der Waals surface area contributed by atoms with Gasteiger partial charge in [0.05, 0.1) is 16.8 Å². The number of ether oxygens (including phenoxy) is 1. The molecule has 4 rings (SSSR count). The van der Waals surface area contributed by atoms with E-state index in [1.807, 2.05) is 30.5 Å². The van der Waals surface area contributed by atoms with E-state index < -0.39 is 0 Å². The molecule has 1 saturated heterocycles. The number of morpholine rings is 1. The molecule has 0 radical (unpaired) electrons. The predicted octanol–water partition coefficient (Wildman–Crippen LogP) is 4.78. The molecule has 0 bridgehead atoms. The number of nitrogens with one attached hydrogen (secondary N) is 1. The lowest BCUT2D eigenvalue weighted by Gasteiger charge is -2.29. The van der Waals surface area contributed by atoms with Crippen LogP contribution in [0.4, 0.5) is 11.4 Å². The first-order valence-electron chi connectivity index (χ1n) is 10.2. The standard InChI is InChI=1S/C24H23IN4O2S/c1-2-23(30)27-18-6-8-20(9-7-18)32-24-21(25)16-26-22(28-24)15-17-4-3-5-19(14-17)29-10-12-31-13-11-29/h2-9,14,16H,1,10-13,15H2,(H,27,30). The zero-order valence-corrected chi connectivity index (χ0v) is 20.4. The van der Waals surface area contributed by atoms with E-state index in [0.29, 0.717) is 6.42 Å². The quantitative estimate of drug-likeness (QED) is 0.256. The lowest BCUT2D eigenvalue weighted by Crippen LogP contribution is -2.36. The molecule has 3 aromatic rings. The van der Waals surface area contributed by atoms with Gasteiger partial charge in [-0.2, -0.15) is 0 Å². The highest BCUT2D eigenvalue weighted by Gasteiger charge is 2.13. The van der Waals surface area contributed by atoms with Crippen molar-refractivity contribution in [2.45, 2.75) is 16.3 Å². The molecule has 0 aliphatic carbocycles. The third kappa shape index (κ3) is 6.08. The normalized spacial score (nSPS) is 13.6. The van der Waals surface area contributed by atoms with E-state index in [4.69, 9.17) is 9.72 Å². The Hall–Kier alpha value is -2.43. The van der Waals surface area contributed by atoms with Crippen molar-refractivity contribution in [1.82, 2.24) is 9.97 Å². The third-order valence-electron chi connectivity index (χ3n) is 4.93. The highest BCUT2D eigenvalue weighted by Crippen LogP contribution is 2.30. The molecule has 6 nitrogen and oxygen atoms in total. The number of nitrogens with zero attached hydrogens (tertiary/aromatic N) is 3. The first-order chi connectivity index (χ1) is 15.6. The Morgan fingerprint density at radius 3 is 2.75 bits per heavy atom. The Kier molecular flexibility index (Phi) is 7.77. The van der Waals surface area contributed by atoms with Crippen LogP contribution < -0.4 is 10.2 Å². The number of benzene rings is 2. The first kappa shape index (κ1) is 22.8. The zero-order chi connectivity index (χ0) is 22.3. The van der Waals surface area contributed by atoms with Crippen LogP contribution in [0.1, 0.15) is 11.4 Å². The summed E-state index contributed by atoms with van der Waals surface area (Å²) < 4.78 is 6.46. The van der Waals surface area contributed by atoms with Crippen LogP contribution in [0.2, 0.25) is 0 Å². The SMILES string of the molecule is C=CC(=O)Nc1ccc(Sc2nc(Cc3cccc(N4CCOCC4)c3)ncc2I)cc1. The number of aromatic nitrogens is 2. The van der Waals surface area contributed by atoms with E-state index in [9.17, 15) is 4.79 Å². The van der Waals surface area contributed by atoms with E-state index in [-0.39, 0.29) is 5.91 Å². The van der Waals surface area contributed by atoms with Gasteiger partial charge in [0.15, 0.2) is 0 Å². The van der Waals surface area contributed by atoms with Gasteiger partial charge in [-0.15, -0.1) is 0 Å². The van der Waals surface area contributed by atoms with Crippen molar-refractivity contribution >= 4 is 51.6 Å². The molecule has 0 spiro atoms. The summed E-state index contributed by atoms with van der Waals surface area (Å²) in [5.74, 6) is 0.569. The summed E-state index contributed by atoms with van der Waals surface area (Å²) in [7, 11) is 0. The van der Waals surface area contributed by atoms with Gasteiger partial charge in [-0.25, -0.2) is 9.97 Å². The molecule has 1 fully saturated rings. The van der Waals surface area contributed by atoms with Crippen molar-refractivity contribution in [3.8, 4) is 0 Å². The minimum absolute atomic E-state index is 0.224. The topological polar surface area (TPSA) is 67.4 Å². The zero-order valence-electron chi connectivity index (χ0n) is 17.5. The van der Waals surface area contributed by atoms with Gasteiger partial charge in [-0.3, -0.25) is 4.79 Å². The Balaban J connectivity index is 1.46. The Morgan fingerprint density at radius 2 is 2.00 bits per heavy atom. The lowest BCUT2D eigenvalue weighted by atomic mass is 10.1. The summed E-state index contributed by atoms with van der Waals surface area (Å²) in [6.45, 7) is 6.84. The molecular formula is C24H23IN4O2S. The van der Waals surface area contributed by atoms with Crippen LogP contribution >= 0.6 is 34.4 Å². The smallest absolute Gasteiger partial charge is 0.247 e. The minimum atomic E-state index is -0.224. The monoisotopic (exact) mass is 558 g/mol. The van der Waals surface area contributed by atoms with Crippen molar-refractivity contribution in [2.24, 2.45) is 0 Å². The summed E-state index contributed by atoms with van der Waals surface area (Å²) in [5.41, 5.74) is 3.14. The fourth-order valence-electron chi connectivity index (χ4n) is 3.32. The van der Waals surface area contributed by atoms with Crippen molar-refractivity contribution < 1.29 is 9.53 Å². The molecule has 1 N–H and O–H groups in total. The average molecular weight is 558 g/mol. The van der Waals surface area contributed by atoms with Crippen molar-refractivity contribution in [1.29, 1.82) is 0 Å². The number of halogens is 1. The molecule has 164 valence electrons. The highest BCUT2D eigenvalue weighted by atomic mass is 127. The van der Waals surface area contributed by atoms with Gasteiger partial charge in [-0.05, 0) is 70.6 Å². The van der Waals surface area contributed by atoms with Gasteiger partial charge in [0.2, 0.25) is 5.91 Å². The highest BCUT2D eigenvalue weighted by molar-refractivity contribution is 14.1. The average Bonchev–Trinajstić information content (AvgIpc) is 2.83. The molecule has 0 unspecified atom stereocenters. The van der Waals surface area contributed by atoms with Gasteiger partial charge in [-0.1, -0.05) is 30.5 Å². The molecule has 0 saturated carbocycles. The number of carbonyl (C=O) groups is 1. The molecule has 8 heteroatoms. The second-order valence-corrected chi connectivity index (χ2v) is 9.43. The van der Waals surface area contributed by atoms with Crippen LogP contribution in [0.15, 0.2) is 77.3 Å². The van der Waals surface area contributed by atoms with E-state index in [1.165, 1.54) is 17.3 Å². The molecule has 2 heterocycles. The Bertz CT molecular complexity index is 1100. The van der Waals surface area contributed by atoms with Crippen LogP contribution in [0, 0.1) is 3.57 Å². The van der Waals surface area contributed by atoms with Crippen molar-refractivity contribution in [3.05, 3.63) is 82.3 Å². The summed E-state index contributed by atoms with van der Waals surface area (Å²) in [6.07, 6.45) is 3.80. The van der Waals surface area contributed by atoms with E-state index >= 15 is 0 Å². The summed E-state index contributed by atoms with van der Waals surface area (Å²) in [4.78, 5) is 24.2. The lowest BCUT2D eigenvalue weighted by molar-refractivity contribution is -0.111. The van der Waals surface area contributed by atoms with Crippen LogP contribution in [-0.2, 0) is 16.0 Å². The van der Waals surface area contributed by atoms with Gasteiger partial charge in [0.1, 0.15) is 10.9 Å². The van der Waals surface area contributed by atoms with E-state index in [1.54, 1.807) is 11.8 Å². The van der Waals surface area contributed by atoms with Gasteiger partial charge < -0.3 is 15.0 Å². The number of amides is 1. The minimum Gasteiger partial charge on any atom is -0.378 e. The molecule has 32 heavy (non-hydrogen) atoms. The second-order valence-electron chi connectivity index (χ2n) is 7.21. The van der Waals surface area contributed by atoms with Crippen LogP contribution in [0.5, 0.6) is 0 Å². The Labute approximate surface area is 205 Å². The number of carbonyl (C=O) groups excluding carboxylic acids is 1. The van der Waals surface area contributed by atoms with Gasteiger partial charge >= 0.3 is 0 Å². The Morgan fingerprint density at radius 1 is 1.22 bits per heavy atom. The molecule has 1 aromatic heterocycles. The number of hydrogen-bond acceptors (Lipinski definition) is 6. The van der Waals surface area contributed by atoms with Crippen molar-refractivity contribution in [2.75, 3.05) is 36.5 Å².